The second-order valence-electron chi connectivity index (χ2n) is 4.84. The number of hydrogen-bond donors (Lipinski definition) is 2. The Labute approximate surface area is 128 Å². The van der Waals surface area contributed by atoms with Gasteiger partial charge in [0.05, 0.1) is 10.7 Å². The van der Waals surface area contributed by atoms with E-state index in [1.54, 1.807) is 30.3 Å². The van der Waals surface area contributed by atoms with Gasteiger partial charge in [-0.1, -0.05) is 23.7 Å². The molecule has 0 fully saturated rings. The van der Waals surface area contributed by atoms with E-state index in [0.29, 0.717) is 16.5 Å². The van der Waals surface area contributed by atoms with Crippen molar-refractivity contribution in [2.24, 2.45) is 0 Å². The molecule has 0 radical (unpaired) electrons. The predicted molar refractivity (Wildman–Crippen MR) is 84.4 cm³/mol. The second-order valence-corrected chi connectivity index (χ2v) is 5.25. The fourth-order valence-corrected chi connectivity index (χ4v) is 2.50. The maximum Gasteiger partial charge on any atom is 0.417 e. The lowest BCUT2D eigenvalue weighted by molar-refractivity contribution is 0.215. The van der Waals surface area contributed by atoms with Crippen molar-refractivity contribution in [2.45, 2.75) is 12.8 Å². The molecule has 1 amide bonds. The molecule has 0 aromatic heterocycles. The van der Waals surface area contributed by atoms with Crippen LogP contribution >= 0.6 is 11.6 Å². The molecule has 0 saturated carbocycles. The third kappa shape index (κ3) is 3.28. The van der Waals surface area contributed by atoms with Crippen LogP contribution in [0.4, 0.5) is 16.2 Å². The van der Waals surface area contributed by atoms with Gasteiger partial charge in [0, 0.05) is 12.2 Å². The first-order chi connectivity index (χ1) is 10.2. The van der Waals surface area contributed by atoms with Gasteiger partial charge < -0.3 is 10.1 Å². The van der Waals surface area contributed by atoms with Crippen molar-refractivity contribution in [1.29, 1.82) is 0 Å². The summed E-state index contributed by atoms with van der Waals surface area (Å²) >= 11 is 5.99. The minimum atomic E-state index is -0.549. The number of aryl methyl sites for hydroxylation is 1. The van der Waals surface area contributed by atoms with Crippen LogP contribution in [-0.4, -0.2) is 12.6 Å². The monoisotopic (exact) mass is 302 g/mol. The number of para-hydroxylation sites is 1. The number of amides is 1. The quantitative estimate of drug-likeness (QED) is 0.869. The summed E-state index contributed by atoms with van der Waals surface area (Å²) in [7, 11) is 0. The standard InChI is InChI=1S/C16H15ClN2O2/c17-13-5-1-2-6-15(13)19-16(20)21-12-7-8-14-11(10-12)4-3-9-18-14/h1-2,5-8,10,18H,3-4,9H2,(H,19,20). The van der Waals surface area contributed by atoms with Crippen LogP contribution in [-0.2, 0) is 6.42 Å². The van der Waals surface area contributed by atoms with E-state index in [-0.39, 0.29) is 0 Å². The van der Waals surface area contributed by atoms with E-state index in [1.165, 1.54) is 5.56 Å². The molecular formula is C16H15ClN2O2. The smallest absolute Gasteiger partial charge is 0.410 e. The van der Waals surface area contributed by atoms with Gasteiger partial charge >= 0.3 is 6.09 Å². The van der Waals surface area contributed by atoms with E-state index >= 15 is 0 Å². The number of ether oxygens (including phenoxy) is 1. The van der Waals surface area contributed by atoms with Crippen molar-refractivity contribution in [1.82, 2.24) is 0 Å². The number of nitrogens with one attached hydrogen (secondary N) is 2. The lowest BCUT2D eigenvalue weighted by atomic mass is 10.0. The van der Waals surface area contributed by atoms with Gasteiger partial charge in [0.2, 0.25) is 0 Å². The van der Waals surface area contributed by atoms with E-state index in [1.807, 2.05) is 12.1 Å². The van der Waals surface area contributed by atoms with E-state index in [9.17, 15) is 4.79 Å². The van der Waals surface area contributed by atoms with E-state index in [4.69, 9.17) is 16.3 Å². The highest BCUT2D eigenvalue weighted by Gasteiger charge is 2.12. The summed E-state index contributed by atoms with van der Waals surface area (Å²) in [5.41, 5.74) is 2.81. The molecule has 2 N–H and O–H groups in total. The normalized spacial score (nSPS) is 13.0. The van der Waals surface area contributed by atoms with Crippen LogP contribution in [0.1, 0.15) is 12.0 Å². The Morgan fingerprint density at radius 3 is 2.95 bits per heavy atom. The highest BCUT2D eigenvalue weighted by Crippen LogP contribution is 2.27. The molecule has 2 aromatic rings. The van der Waals surface area contributed by atoms with Gasteiger partial charge in [-0.3, -0.25) is 5.32 Å². The Balaban J connectivity index is 1.69. The molecule has 2 aromatic carbocycles. The van der Waals surface area contributed by atoms with Crippen LogP contribution in [0.25, 0.3) is 0 Å². The number of benzene rings is 2. The second kappa shape index (κ2) is 6.06. The Bertz CT molecular complexity index is 673. The molecule has 3 rings (SSSR count). The Morgan fingerprint density at radius 1 is 1.24 bits per heavy atom. The molecule has 4 nitrogen and oxygen atoms in total. The van der Waals surface area contributed by atoms with Gasteiger partial charge in [0.15, 0.2) is 0 Å². The van der Waals surface area contributed by atoms with Crippen LogP contribution in [0.15, 0.2) is 42.5 Å². The molecule has 108 valence electrons. The number of anilines is 2. The number of fused-ring (bicyclic) bond motifs is 1. The van der Waals surface area contributed by atoms with Crippen LogP contribution in [0, 0.1) is 0 Å². The van der Waals surface area contributed by atoms with Crippen molar-refractivity contribution in [3.05, 3.63) is 53.1 Å². The molecule has 21 heavy (non-hydrogen) atoms. The first-order valence-corrected chi connectivity index (χ1v) is 7.20. The van der Waals surface area contributed by atoms with Gasteiger partial charge in [-0.2, -0.15) is 0 Å². The third-order valence-electron chi connectivity index (χ3n) is 3.34. The third-order valence-corrected chi connectivity index (χ3v) is 3.67. The predicted octanol–water partition coefficient (Wildman–Crippen LogP) is 4.31. The molecule has 1 aliphatic heterocycles. The molecule has 5 heteroatoms. The zero-order valence-corrected chi connectivity index (χ0v) is 12.1. The van der Waals surface area contributed by atoms with E-state index < -0.39 is 6.09 Å². The van der Waals surface area contributed by atoms with Gasteiger partial charge in [-0.05, 0) is 48.7 Å². The van der Waals surface area contributed by atoms with Crippen LogP contribution in [0.5, 0.6) is 5.75 Å². The van der Waals surface area contributed by atoms with Crippen molar-refractivity contribution in [3.63, 3.8) is 0 Å². The first-order valence-electron chi connectivity index (χ1n) is 6.82. The van der Waals surface area contributed by atoms with Crippen molar-refractivity contribution in [2.75, 3.05) is 17.2 Å². The number of hydrogen-bond acceptors (Lipinski definition) is 3. The van der Waals surface area contributed by atoms with Crippen molar-refractivity contribution >= 4 is 29.1 Å². The minimum absolute atomic E-state index is 0.476. The maximum atomic E-state index is 11.9. The SMILES string of the molecule is O=C(Nc1ccccc1Cl)Oc1ccc2c(c1)CCCN2. The highest BCUT2D eigenvalue weighted by atomic mass is 35.5. The Morgan fingerprint density at radius 2 is 2.10 bits per heavy atom. The summed E-state index contributed by atoms with van der Waals surface area (Å²) in [6, 6.07) is 12.6. The van der Waals surface area contributed by atoms with E-state index in [0.717, 1.165) is 25.1 Å². The van der Waals surface area contributed by atoms with Crippen LogP contribution < -0.4 is 15.4 Å². The van der Waals surface area contributed by atoms with E-state index in [2.05, 4.69) is 10.6 Å². The van der Waals surface area contributed by atoms with Gasteiger partial charge in [0.1, 0.15) is 5.75 Å². The molecule has 0 atom stereocenters. The summed E-state index contributed by atoms with van der Waals surface area (Å²) in [4.78, 5) is 11.9. The molecule has 0 aliphatic carbocycles. The number of rotatable bonds is 2. The lowest BCUT2D eigenvalue weighted by Gasteiger charge is -2.18. The summed E-state index contributed by atoms with van der Waals surface area (Å²) in [6.07, 6.45) is 1.53. The Hall–Kier alpha value is -2.20. The number of carbonyl (C=O) groups is 1. The molecule has 0 spiro atoms. The maximum absolute atomic E-state index is 11.9. The molecule has 0 saturated heterocycles. The molecule has 0 unspecified atom stereocenters. The highest BCUT2D eigenvalue weighted by molar-refractivity contribution is 6.33. The zero-order chi connectivity index (χ0) is 14.7. The topological polar surface area (TPSA) is 50.4 Å². The van der Waals surface area contributed by atoms with Crippen molar-refractivity contribution < 1.29 is 9.53 Å². The average Bonchev–Trinajstić information content (AvgIpc) is 2.49. The molecular weight excluding hydrogens is 288 g/mol. The van der Waals surface area contributed by atoms with Gasteiger partial charge in [0.25, 0.3) is 0 Å². The summed E-state index contributed by atoms with van der Waals surface area (Å²) < 4.78 is 5.30. The Kier molecular flexibility index (Phi) is 3.97. The fourth-order valence-electron chi connectivity index (χ4n) is 2.32. The summed E-state index contributed by atoms with van der Waals surface area (Å²) in [5.74, 6) is 0.530. The molecule has 1 aliphatic rings. The fraction of sp³-hybridized carbons (Fsp3) is 0.188. The van der Waals surface area contributed by atoms with Crippen LogP contribution in [0.3, 0.4) is 0 Å². The van der Waals surface area contributed by atoms with Gasteiger partial charge in [-0.15, -0.1) is 0 Å². The minimum Gasteiger partial charge on any atom is -0.410 e. The number of halogens is 1. The lowest BCUT2D eigenvalue weighted by Crippen LogP contribution is -2.17. The van der Waals surface area contributed by atoms with Crippen molar-refractivity contribution in [3.8, 4) is 5.75 Å². The number of carbonyl (C=O) groups excluding carboxylic acids is 1. The zero-order valence-electron chi connectivity index (χ0n) is 11.4. The first kappa shape index (κ1) is 13.8. The summed E-state index contributed by atoms with van der Waals surface area (Å²) in [6.45, 7) is 0.986. The average molecular weight is 303 g/mol. The molecule has 1 heterocycles. The summed E-state index contributed by atoms with van der Waals surface area (Å²) in [5, 5.41) is 6.42. The largest absolute Gasteiger partial charge is 0.417 e. The van der Waals surface area contributed by atoms with Gasteiger partial charge in [-0.25, -0.2) is 4.79 Å². The van der Waals surface area contributed by atoms with Crippen LogP contribution in [0.2, 0.25) is 5.02 Å². The molecule has 0 bridgehead atoms.